The fourth-order valence-corrected chi connectivity index (χ4v) is 1.46. The van der Waals surface area contributed by atoms with Gasteiger partial charge in [-0.05, 0) is 18.2 Å². The van der Waals surface area contributed by atoms with E-state index < -0.39 is 0 Å². The van der Waals surface area contributed by atoms with Gasteiger partial charge in [-0.3, -0.25) is 4.79 Å². The van der Waals surface area contributed by atoms with Gasteiger partial charge in [0, 0.05) is 13.2 Å². The second kappa shape index (κ2) is 4.59. The van der Waals surface area contributed by atoms with E-state index in [0.717, 1.165) is 0 Å². The Bertz CT molecular complexity index is 638. The van der Waals surface area contributed by atoms with Crippen LogP contribution in [-0.4, -0.2) is 15.5 Å². The van der Waals surface area contributed by atoms with Crippen LogP contribution in [0.1, 0.15) is 16.1 Å². The highest BCUT2D eigenvalue weighted by molar-refractivity contribution is 6.04. The molecule has 0 atom stereocenters. The number of nitrogens with one attached hydrogen (secondary N) is 1. The Morgan fingerprint density at radius 3 is 2.89 bits per heavy atom. The summed E-state index contributed by atoms with van der Waals surface area (Å²) in [4.78, 5) is 15.8. The average Bonchev–Trinajstić information content (AvgIpc) is 2.78. The minimum Gasteiger partial charge on any atom is -0.397 e. The van der Waals surface area contributed by atoms with Gasteiger partial charge in [-0.25, -0.2) is 4.98 Å². The maximum atomic E-state index is 11.8. The van der Waals surface area contributed by atoms with Crippen molar-refractivity contribution in [3.05, 3.63) is 42.0 Å². The number of nitrogens with two attached hydrogens (primary N) is 1. The molecule has 0 fully saturated rings. The zero-order valence-electron chi connectivity index (χ0n) is 9.71. The fourth-order valence-electron chi connectivity index (χ4n) is 1.46. The van der Waals surface area contributed by atoms with Crippen LogP contribution in [0.5, 0.6) is 0 Å². The molecule has 3 N–H and O–H groups in total. The van der Waals surface area contributed by atoms with Gasteiger partial charge in [-0.15, -0.1) is 0 Å². The Morgan fingerprint density at radius 1 is 1.56 bits per heavy atom. The first-order valence-corrected chi connectivity index (χ1v) is 5.19. The molecule has 0 spiro atoms. The van der Waals surface area contributed by atoms with Crippen LogP contribution < -0.4 is 11.1 Å². The molecule has 0 aliphatic carbocycles. The Kier molecular flexibility index (Phi) is 2.98. The van der Waals surface area contributed by atoms with Gasteiger partial charge in [0.05, 0.1) is 29.3 Å². The number of nitrogen functional groups attached to an aromatic ring is 1. The number of imidazole rings is 1. The van der Waals surface area contributed by atoms with E-state index in [2.05, 4.69) is 10.3 Å². The van der Waals surface area contributed by atoms with Crippen molar-refractivity contribution < 1.29 is 4.79 Å². The number of hydrogen-bond acceptors (Lipinski definition) is 4. The highest BCUT2D eigenvalue weighted by Gasteiger charge is 2.10. The molecule has 0 saturated carbocycles. The van der Waals surface area contributed by atoms with Crippen LogP contribution in [0.15, 0.2) is 30.7 Å². The molecule has 0 aliphatic heterocycles. The number of aryl methyl sites for hydroxylation is 1. The largest absolute Gasteiger partial charge is 0.397 e. The van der Waals surface area contributed by atoms with E-state index in [0.29, 0.717) is 22.6 Å². The van der Waals surface area contributed by atoms with Gasteiger partial charge in [0.15, 0.2) is 0 Å². The molecule has 90 valence electrons. The van der Waals surface area contributed by atoms with Gasteiger partial charge in [-0.1, -0.05) is 0 Å². The first-order valence-electron chi connectivity index (χ1n) is 5.19. The SMILES string of the molecule is Cn1cnc(C(=O)Nc2ccc(C#N)cc2N)c1. The van der Waals surface area contributed by atoms with Crippen molar-refractivity contribution in [1.29, 1.82) is 5.26 Å². The molecular formula is C12H11N5O. The van der Waals surface area contributed by atoms with E-state index in [1.807, 2.05) is 6.07 Å². The predicted molar refractivity (Wildman–Crippen MR) is 66.7 cm³/mol. The lowest BCUT2D eigenvalue weighted by molar-refractivity contribution is 0.102. The number of benzene rings is 1. The van der Waals surface area contributed by atoms with Crippen LogP contribution in [0.3, 0.4) is 0 Å². The van der Waals surface area contributed by atoms with Crippen LogP contribution in [0.4, 0.5) is 11.4 Å². The smallest absolute Gasteiger partial charge is 0.275 e. The summed E-state index contributed by atoms with van der Waals surface area (Å²) in [6.45, 7) is 0. The zero-order chi connectivity index (χ0) is 13.1. The number of rotatable bonds is 2. The number of amides is 1. The fraction of sp³-hybridized carbons (Fsp3) is 0.0833. The van der Waals surface area contributed by atoms with E-state index in [-0.39, 0.29) is 5.91 Å². The van der Waals surface area contributed by atoms with Crippen molar-refractivity contribution in [2.75, 3.05) is 11.1 Å². The monoisotopic (exact) mass is 241 g/mol. The lowest BCUT2D eigenvalue weighted by atomic mass is 10.2. The van der Waals surface area contributed by atoms with Crippen molar-refractivity contribution in [2.45, 2.75) is 0 Å². The van der Waals surface area contributed by atoms with Crippen molar-refractivity contribution in [3.8, 4) is 6.07 Å². The highest BCUT2D eigenvalue weighted by Crippen LogP contribution is 2.20. The summed E-state index contributed by atoms with van der Waals surface area (Å²) in [5, 5.41) is 11.4. The normalized spacial score (nSPS) is 9.78. The third-order valence-corrected chi connectivity index (χ3v) is 2.37. The molecule has 1 aromatic heterocycles. The molecule has 0 aliphatic rings. The van der Waals surface area contributed by atoms with Crippen molar-refractivity contribution >= 4 is 17.3 Å². The molecule has 0 radical (unpaired) electrons. The van der Waals surface area contributed by atoms with Gasteiger partial charge in [-0.2, -0.15) is 5.26 Å². The topological polar surface area (TPSA) is 96.7 Å². The molecular weight excluding hydrogens is 230 g/mol. The summed E-state index contributed by atoms with van der Waals surface area (Å²) < 4.78 is 1.68. The van der Waals surface area contributed by atoms with Gasteiger partial charge < -0.3 is 15.6 Å². The molecule has 2 rings (SSSR count). The van der Waals surface area contributed by atoms with E-state index in [9.17, 15) is 4.79 Å². The maximum Gasteiger partial charge on any atom is 0.275 e. The summed E-state index contributed by atoms with van der Waals surface area (Å²) in [5.74, 6) is -0.341. The minimum absolute atomic E-state index is 0.307. The van der Waals surface area contributed by atoms with Crippen LogP contribution in [0.2, 0.25) is 0 Å². The second-order valence-electron chi connectivity index (χ2n) is 3.79. The molecule has 6 heteroatoms. The molecule has 18 heavy (non-hydrogen) atoms. The molecule has 2 aromatic rings. The molecule has 0 saturated heterocycles. The van der Waals surface area contributed by atoms with Gasteiger partial charge in [0.2, 0.25) is 0 Å². The average molecular weight is 241 g/mol. The van der Waals surface area contributed by atoms with Crippen LogP contribution >= 0.6 is 0 Å². The molecule has 1 heterocycles. The third kappa shape index (κ3) is 2.30. The Labute approximate surface area is 104 Å². The predicted octanol–water partition coefficient (Wildman–Crippen LogP) is 1.13. The number of carbonyl (C=O) groups excluding carboxylic acids is 1. The van der Waals surface area contributed by atoms with Crippen molar-refractivity contribution in [3.63, 3.8) is 0 Å². The summed E-state index contributed by atoms with van der Waals surface area (Å²) in [5.41, 5.74) is 7.30. The first kappa shape index (κ1) is 11.7. The molecule has 0 bridgehead atoms. The van der Waals surface area contributed by atoms with Crippen molar-refractivity contribution in [2.24, 2.45) is 7.05 Å². The van der Waals surface area contributed by atoms with Crippen LogP contribution in [0, 0.1) is 11.3 Å². The third-order valence-electron chi connectivity index (χ3n) is 2.37. The van der Waals surface area contributed by atoms with E-state index >= 15 is 0 Å². The number of anilines is 2. The van der Waals surface area contributed by atoms with Crippen LogP contribution in [0.25, 0.3) is 0 Å². The standard InChI is InChI=1S/C12H11N5O/c1-17-6-11(15-7-17)12(18)16-10-3-2-8(5-13)4-9(10)14/h2-4,6-7H,14H2,1H3,(H,16,18). The lowest BCUT2D eigenvalue weighted by Crippen LogP contribution is -2.13. The van der Waals surface area contributed by atoms with Crippen LogP contribution in [-0.2, 0) is 7.05 Å². The summed E-state index contributed by atoms with van der Waals surface area (Å²) in [7, 11) is 1.78. The van der Waals surface area contributed by atoms with E-state index in [1.54, 1.807) is 29.9 Å². The Balaban J connectivity index is 2.20. The summed E-state index contributed by atoms with van der Waals surface area (Å²) >= 11 is 0. The number of nitrogens with zero attached hydrogens (tertiary/aromatic N) is 3. The maximum absolute atomic E-state index is 11.8. The number of aromatic nitrogens is 2. The van der Waals surface area contributed by atoms with Crippen molar-refractivity contribution in [1.82, 2.24) is 9.55 Å². The summed E-state index contributed by atoms with van der Waals surface area (Å²) in [6, 6.07) is 6.66. The minimum atomic E-state index is -0.341. The Morgan fingerprint density at radius 2 is 2.33 bits per heavy atom. The second-order valence-corrected chi connectivity index (χ2v) is 3.79. The number of carbonyl (C=O) groups is 1. The number of hydrogen-bond donors (Lipinski definition) is 2. The molecule has 1 amide bonds. The van der Waals surface area contributed by atoms with Gasteiger partial charge >= 0.3 is 0 Å². The summed E-state index contributed by atoms with van der Waals surface area (Å²) in [6.07, 6.45) is 3.15. The first-order chi connectivity index (χ1) is 8.60. The number of nitriles is 1. The zero-order valence-corrected chi connectivity index (χ0v) is 9.71. The van der Waals surface area contributed by atoms with E-state index in [4.69, 9.17) is 11.0 Å². The Hall–Kier alpha value is -2.81. The van der Waals surface area contributed by atoms with E-state index in [1.165, 1.54) is 12.4 Å². The highest BCUT2D eigenvalue weighted by atomic mass is 16.1. The molecule has 1 aromatic carbocycles. The lowest BCUT2D eigenvalue weighted by Gasteiger charge is -2.06. The van der Waals surface area contributed by atoms with Gasteiger partial charge in [0.25, 0.3) is 5.91 Å². The molecule has 6 nitrogen and oxygen atoms in total. The van der Waals surface area contributed by atoms with Gasteiger partial charge in [0.1, 0.15) is 5.69 Å². The molecule has 0 unspecified atom stereocenters. The quantitative estimate of drug-likeness (QED) is 0.770.